The number of benzene rings is 1. The summed E-state index contributed by atoms with van der Waals surface area (Å²) >= 11 is 5.69. The summed E-state index contributed by atoms with van der Waals surface area (Å²) in [6.07, 6.45) is 1.64. The molecular formula is C11H15Cl2FN2O2S. The predicted octanol–water partition coefficient (Wildman–Crippen LogP) is 1.93. The Kier molecular flexibility index (Phi) is 6.01. The van der Waals surface area contributed by atoms with Gasteiger partial charge >= 0.3 is 0 Å². The van der Waals surface area contributed by atoms with E-state index in [1.165, 1.54) is 6.07 Å². The smallest absolute Gasteiger partial charge is 0.243 e. The number of piperidine rings is 1. The highest BCUT2D eigenvalue weighted by molar-refractivity contribution is 7.89. The number of sulfonamides is 1. The third-order valence-electron chi connectivity index (χ3n) is 2.80. The summed E-state index contributed by atoms with van der Waals surface area (Å²) < 4.78 is 40.1. The molecule has 19 heavy (non-hydrogen) atoms. The maximum atomic E-state index is 13.5. The van der Waals surface area contributed by atoms with Gasteiger partial charge in [-0.2, -0.15) is 0 Å². The minimum absolute atomic E-state index is 0. The lowest BCUT2D eigenvalue weighted by Crippen LogP contribution is -2.45. The molecule has 1 heterocycles. The molecule has 2 rings (SSSR count). The lowest BCUT2D eigenvalue weighted by Gasteiger charge is -2.23. The molecule has 0 spiro atoms. The molecule has 1 saturated heterocycles. The molecule has 1 aliphatic rings. The van der Waals surface area contributed by atoms with E-state index in [0.717, 1.165) is 31.5 Å². The first-order valence-electron chi connectivity index (χ1n) is 5.67. The maximum Gasteiger partial charge on any atom is 0.243 e. The summed E-state index contributed by atoms with van der Waals surface area (Å²) in [6.45, 7) is 1.44. The van der Waals surface area contributed by atoms with Gasteiger partial charge in [0.15, 0.2) is 0 Å². The fourth-order valence-corrected chi connectivity index (χ4v) is 3.53. The molecule has 108 valence electrons. The lowest BCUT2D eigenvalue weighted by atomic mass is 10.1. The number of hydrogen-bond donors (Lipinski definition) is 2. The zero-order valence-corrected chi connectivity index (χ0v) is 12.4. The standard InChI is InChI=1S/C11H14ClFN2O2S.ClH/c12-8-3-4-10(13)11(6-8)18(16,17)15-9-2-1-5-14-7-9;/h3-4,6,9,14-15H,1-2,5,7H2;1H. The van der Waals surface area contributed by atoms with Crippen molar-refractivity contribution in [3.05, 3.63) is 29.0 Å². The average Bonchev–Trinajstić information content (AvgIpc) is 2.33. The summed E-state index contributed by atoms with van der Waals surface area (Å²) in [6, 6.07) is 3.28. The van der Waals surface area contributed by atoms with Crippen LogP contribution in [-0.4, -0.2) is 27.5 Å². The van der Waals surface area contributed by atoms with Crippen LogP contribution in [0.4, 0.5) is 4.39 Å². The van der Waals surface area contributed by atoms with Crippen LogP contribution in [0.15, 0.2) is 23.1 Å². The molecule has 0 radical (unpaired) electrons. The van der Waals surface area contributed by atoms with E-state index in [-0.39, 0.29) is 23.5 Å². The fraction of sp³-hybridized carbons (Fsp3) is 0.455. The highest BCUT2D eigenvalue weighted by Crippen LogP contribution is 2.20. The molecule has 1 aromatic carbocycles. The molecule has 0 saturated carbocycles. The van der Waals surface area contributed by atoms with Gasteiger partial charge < -0.3 is 5.32 Å². The van der Waals surface area contributed by atoms with E-state index >= 15 is 0 Å². The third-order valence-corrected chi connectivity index (χ3v) is 4.57. The largest absolute Gasteiger partial charge is 0.315 e. The molecular weight excluding hydrogens is 314 g/mol. The number of hydrogen-bond acceptors (Lipinski definition) is 3. The zero-order valence-electron chi connectivity index (χ0n) is 10.0. The van der Waals surface area contributed by atoms with Crippen molar-refractivity contribution in [1.82, 2.24) is 10.0 Å². The molecule has 2 N–H and O–H groups in total. The molecule has 4 nitrogen and oxygen atoms in total. The molecule has 0 aromatic heterocycles. The highest BCUT2D eigenvalue weighted by Gasteiger charge is 2.24. The van der Waals surface area contributed by atoms with Gasteiger partial charge in [0.05, 0.1) is 0 Å². The Labute approximate surface area is 123 Å². The molecule has 1 fully saturated rings. The summed E-state index contributed by atoms with van der Waals surface area (Å²) in [5, 5.41) is 3.28. The van der Waals surface area contributed by atoms with Crippen molar-refractivity contribution in [3.8, 4) is 0 Å². The molecule has 1 unspecified atom stereocenters. The van der Waals surface area contributed by atoms with Crippen LogP contribution in [0.1, 0.15) is 12.8 Å². The van der Waals surface area contributed by atoms with E-state index in [1.807, 2.05) is 0 Å². The summed E-state index contributed by atoms with van der Waals surface area (Å²) in [4.78, 5) is -0.402. The highest BCUT2D eigenvalue weighted by atomic mass is 35.5. The van der Waals surface area contributed by atoms with E-state index in [9.17, 15) is 12.8 Å². The fourth-order valence-electron chi connectivity index (χ4n) is 1.92. The zero-order chi connectivity index (χ0) is 13.2. The molecule has 1 aliphatic heterocycles. The van der Waals surface area contributed by atoms with Crippen LogP contribution in [0.2, 0.25) is 5.02 Å². The van der Waals surface area contributed by atoms with Gasteiger partial charge in [-0.05, 0) is 37.6 Å². The molecule has 0 bridgehead atoms. The molecule has 1 aromatic rings. The first-order chi connectivity index (χ1) is 8.49. The SMILES string of the molecule is Cl.O=S(=O)(NC1CCCNC1)c1cc(Cl)ccc1F. The molecule has 8 heteroatoms. The van der Waals surface area contributed by atoms with Crippen molar-refractivity contribution in [2.45, 2.75) is 23.8 Å². The Morgan fingerprint density at radius 1 is 1.42 bits per heavy atom. The van der Waals surface area contributed by atoms with Crippen LogP contribution in [-0.2, 0) is 10.0 Å². The molecule has 0 aliphatic carbocycles. The predicted molar refractivity (Wildman–Crippen MR) is 74.9 cm³/mol. The van der Waals surface area contributed by atoms with Gasteiger partial charge in [-0.15, -0.1) is 12.4 Å². The summed E-state index contributed by atoms with van der Waals surface area (Å²) in [5.41, 5.74) is 0. The third kappa shape index (κ3) is 4.29. The quantitative estimate of drug-likeness (QED) is 0.891. The first-order valence-corrected chi connectivity index (χ1v) is 7.53. The Morgan fingerprint density at radius 2 is 2.16 bits per heavy atom. The minimum Gasteiger partial charge on any atom is -0.315 e. The Balaban J connectivity index is 0.00000180. The van der Waals surface area contributed by atoms with Crippen LogP contribution < -0.4 is 10.0 Å². The minimum atomic E-state index is -3.86. The number of rotatable bonds is 3. The molecule has 1 atom stereocenters. The summed E-state index contributed by atoms with van der Waals surface area (Å²) in [7, 11) is -3.86. The lowest BCUT2D eigenvalue weighted by molar-refractivity contribution is 0.427. The van der Waals surface area contributed by atoms with E-state index < -0.39 is 20.7 Å². The van der Waals surface area contributed by atoms with Gasteiger partial charge in [0.1, 0.15) is 10.7 Å². The van der Waals surface area contributed by atoms with Crippen LogP contribution in [0, 0.1) is 5.82 Å². The molecule has 0 amide bonds. The van der Waals surface area contributed by atoms with Gasteiger partial charge in [0.2, 0.25) is 10.0 Å². The van der Waals surface area contributed by atoms with Crippen molar-refractivity contribution in [2.75, 3.05) is 13.1 Å². The Morgan fingerprint density at radius 3 is 2.79 bits per heavy atom. The van der Waals surface area contributed by atoms with Crippen molar-refractivity contribution in [2.24, 2.45) is 0 Å². The second-order valence-corrected chi connectivity index (χ2v) is 6.36. The van der Waals surface area contributed by atoms with E-state index in [2.05, 4.69) is 10.0 Å². The van der Waals surface area contributed by atoms with Gasteiger partial charge in [-0.3, -0.25) is 0 Å². The van der Waals surface area contributed by atoms with Crippen LogP contribution in [0.25, 0.3) is 0 Å². The topological polar surface area (TPSA) is 58.2 Å². The van der Waals surface area contributed by atoms with E-state index in [1.54, 1.807) is 0 Å². The second-order valence-electron chi connectivity index (χ2n) is 4.24. The summed E-state index contributed by atoms with van der Waals surface area (Å²) in [5.74, 6) is -0.796. The van der Waals surface area contributed by atoms with Crippen molar-refractivity contribution < 1.29 is 12.8 Å². The first kappa shape index (κ1) is 16.7. The average molecular weight is 329 g/mol. The normalized spacial score (nSPS) is 19.8. The van der Waals surface area contributed by atoms with Crippen LogP contribution in [0.3, 0.4) is 0 Å². The van der Waals surface area contributed by atoms with Gasteiger partial charge in [0.25, 0.3) is 0 Å². The van der Waals surface area contributed by atoms with E-state index in [4.69, 9.17) is 11.6 Å². The van der Waals surface area contributed by atoms with Gasteiger partial charge in [-0.25, -0.2) is 17.5 Å². The second kappa shape index (κ2) is 6.85. The monoisotopic (exact) mass is 328 g/mol. The van der Waals surface area contributed by atoms with Crippen LogP contribution >= 0.6 is 24.0 Å². The Bertz CT molecular complexity index is 533. The van der Waals surface area contributed by atoms with Crippen molar-refractivity contribution in [3.63, 3.8) is 0 Å². The van der Waals surface area contributed by atoms with Crippen molar-refractivity contribution in [1.29, 1.82) is 0 Å². The van der Waals surface area contributed by atoms with Crippen molar-refractivity contribution >= 4 is 34.0 Å². The maximum absolute atomic E-state index is 13.5. The number of halogens is 3. The Hall–Kier alpha value is -0.400. The van der Waals surface area contributed by atoms with E-state index in [0.29, 0.717) is 6.54 Å². The van der Waals surface area contributed by atoms with Gasteiger partial charge in [0, 0.05) is 17.6 Å². The van der Waals surface area contributed by atoms with Crippen LogP contribution in [0.5, 0.6) is 0 Å². The number of nitrogens with one attached hydrogen (secondary N) is 2. The van der Waals surface area contributed by atoms with Gasteiger partial charge in [-0.1, -0.05) is 11.6 Å².